The van der Waals surface area contributed by atoms with Gasteiger partial charge in [0.05, 0.1) is 6.33 Å². The fourth-order valence-corrected chi connectivity index (χ4v) is 3.06. The number of carboxylic acid groups (broad SMARTS) is 3. The number of H-pyrrole nitrogens is 1. The number of hydrogen-bond donors (Lipinski definition) is 10. The zero-order valence-corrected chi connectivity index (χ0v) is 24.0. The van der Waals surface area contributed by atoms with Gasteiger partial charge in [-0.1, -0.05) is 0 Å². The molecule has 3 atom stereocenters. The van der Waals surface area contributed by atoms with Crippen molar-refractivity contribution in [1.82, 2.24) is 25.9 Å². The van der Waals surface area contributed by atoms with Gasteiger partial charge in [0.1, 0.15) is 18.1 Å². The van der Waals surface area contributed by atoms with E-state index >= 15 is 0 Å². The van der Waals surface area contributed by atoms with Crippen molar-refractivity contribution in [1.29, 1.82) is 0 Å². The molecule has 18 heteroatoms. The number of amides is 3. The van der Waals surface area contributed by atoms with Gasteiger partial charge in [0, 0.05) is 45.6 Å². The molecule has 0 aliphatic carbocycles. The number of carboxylic acids is 3. The Kier molecular flexibility index (Phi) is 21.6. The highest BCUT2D eigenvalue weighted by molar-refractivity contribution is 5.83. The number of guanidine groups is 1. The molecule has 0 aliphatic rings. The van der Waals surface area contributed by atoms with Crippen molar-refractivity contribution < 1.29 is 44.1 Å². The molecular formula is C24H43N9O9. The van der Waals surface area contributed by atoms with Gasteiger partial charge in [0.2, 0.25) is 17.7 Å². The average Bonchev–Trinajstić information content (AvgIpc) is 3.38. The Hall–Kier alpha value is -4.74. The molecule has 0 spiro atoms. The molecule has 13 N–H and O–H groups in total. The maximum absolute atomic E-state index is 10.7. The van der Waals surface area contributed by atoms with Crippen molar-refractivity contribution in [2.75, 3.05) is 13.1 Å². The Morgan fingerprint density at radius 2 is 1.26 bits per heavy atom. The van der Waals surface area contributed by atoms with Crippen LogP contribution in [0.3, 0.4) is 0 Å². The van der Waals surface area contributed by atoms with Gasteiger partial charge in [-0.25, -0.2) is 19.4 Å². The fourth-order valence-electron chi connectivity index (χ4n) is 3.06. The molecule has 1 rings (SSSR count). The molecule has 0 radical (unpaired) electrons. The molecule has 0 aromatic carbocycles. The lowest BCUT2D eigenvalue weighted by atomic mass is 10.1. The summed E-state index contributed by atoms with van der Waals surface area (Å²) in [5, 5.41) is 33.2. The van der Waals surface area contributed by atoms with Gasteiger partial charge in [-0.3, -0.25) is 19.4 Å². The Labute approximate surface area is 242 Å². The minimum atomic E-state index is -1.06. The van der Waals surface area contributed by atoms with Gasteiger partial charge in [-0.15, -0.1) is 0 Å². The fraction of sp³-hybridized carbons (Fsp3) is 0.583. The van der Waals surface area contributed by atoms with Crippen LogP contribution in [0.1, 0.15) is 58.6 Å². The number of hydrogen-bond acceptors (Lipinski definition) is 9. The van der Waals surface area contributed by atoms with Crippen LogP contribution in [0, 0.1) is 0 Å². The first kappa shape index (κ1) is 39.4. The van der Waals surface area contributed by atoms with Crippen molar-refractivity contribution in [2.45, 2.75) is 77.4 Å². The SMILES string of the molecule is CC(=O)NC(CCCCN)C(=O)O.CC(=O)NC(CCCN=C(N)N)C(=O)O.CC(=O)NC(Cc1cnc[nH]1)C(=O)O. The van der Waals surface area contributed by atoms with Crippen molar-refractivity contribution in [3.8, 4) is 0 Å². The normalized spacial score (nSPS) is 11.9. The van der Waals surface area contributed by atoms with Crippen LogP contribution in [-0.4, -0.2) is 98.1 Å². The molecule has 0 saturated heterocycles. The summed E-state index contributed by atoms with van der Waals surface area (Å²) in [4.78, 5) is 74.1. The number of imidazole rings is 1. The summed E-state index contributed by atoms with van der Waals surface area (Å²) >= 11 is 0. The number of aromatic nitrogens is 2. The molecular weight excluding hydrogens is 558 g/mol. The van der Waals surface area contributed by atoms with Gasteiger partial charge in [-0.2, -0.15) is 0 Å². The lowest BCUT2D eigenvalue weighted by molar-refractivity contribution is -0.142. The first-order valence-electron chi connectivity index (χ1n) is 12.8. The maximum Gasteiger partial charge on any atom is 0.326 e. The first-order valence-corrected chi connectivity index (χ1v) is 12.8. The molecule has 0 aliphatic heterocycles. The van der Waals surface area contributed by atoms with E-state index in [1.165, 1.54) is 33.3 Å². The number of nitrogens with zero attached hydrogens (tertiary/aromatic N) is 2. The maximum atomic E-state index is 10.7. The Morgan fingerprint density at radius 1 is 0.810 bits per heavy atom. The van der Waals surface area contributed by atoms with Crippen LogP contribution in [-0.2, 0) is 35.2 Å². The third-order valence-corrected chi connectivity index (χ3v) is 4.90. The number of carbonyl (C=O) groups excluding carboxylic acids is 3. The van der Waals surface area contributed by atoms with Crippen LogP contribution in [0.25, 0.3) is 0 Å². The van der Waals surface area contributed by atoms with Crippen LogP contribution in [0.15, 0.2) is 17.5 Å². The predicted molar refractivity (Wildman–Crippen MR) is 151 cm³/mol. The highest BCUT2D eigenvalue weighted by atomic mass is 16.4. The lowest BCUT2D eigenvalue weighted by Crippen LogP contribution is -2.41. The summed E-state index contributed by atoms with van der Waals surface area (Å²) in [6.07, 6.45) is 5.92. The van der Waals surface area contributed by atoms with E-state index in [2.05, 4.69) is 30.9 Å². The third-order valence-electron chi connectivity index (χ3n) is 4.90. The molecule has 1 aromatic heterocycles. The molecule has 3 unspecified atom stereocenters. The number of aliphatic imine (C=N–C) groups is 1. The summed E-state index contributed by atoms with van der Waals surface area (Å²) in [6, 6.07) is -2.56. The molecule has 1 aromatic rings. The van der Waals surface area contributed by atoms with E-state index in [-0.39, 0.29) is 30.1 Å². The number of nitrogens with one attached hydrogen (secondary N) is 4. The van der Waals surface area contributed by atoms with Crippen LogP contribution < -0.4 is 33.2 Å². The van der Waals surface area contributed by atoms with Gasteiger partial charge >= 0.3 is 17.9 Å². The molecule has 1 heterocycles. The minimum absolute atomic E-state index is 0.0265. The average molecular weight is 602 g/mol. The van der Waals surface area contributed by atoms with E-state index in [1.54, 1.807) is 0 Å². The molecule has 0 bridgehead atoms. The van der Waals surface area contributed by atoms with Gasteiger partial charge < -0.3 is 53.5 Å². The summed E-state index contributed by atoms with van der Waals surface area (Å²) in [7, 11) is 0. The van der Waals surface area contributed by atoms with Gasteiger partial charge in [-0.05, 0) is 38.6 Å². The minimum Gasteiger partial charge on any atom is -0.480 e. The number of rotatable bonds is 16. The van der Waals surface area contributed by atoms with E-state index in [0.29, 0.717) is 44.5 Å². The van der Waals surface area contributed by atoms with Crippen LogP contribution in [0.4, 0.5) is 0 Å². The van der Waals surface area contributed by atoms with Crippen molar-refractivity contribution >= 4 is 41.6 Å². The zero-order valence-electron chi connectivity index (χ0n) is 24.0. The smallest absolute Gasteiger partial charge is 0.326 e. The topological polar surface area (TPSA) is 318 Å². The van der Waals surface area contributed by atoms with Gasteiger partial charge in [0.15, 0.2) is 5.96 Å². The quantitative estimate of drug-likeness (QED) is 0.0551. The summed E-state index contributed by atoms with van der Waals surface area (Å²) in [5.41, 5.74) is 16.1. The number of aliphatic carboxylic acids is 3. The third kappa shape index (κ3) is 23.2. The molecule has 0 saturated carbocycles. The number of aromatic amines is 1. The molecule has 42 heavy (non-hydrogen) atoms. The van der Waals surface area contributed by atoms with E-state index < -0.39 is 36.0 Å². The van der Waals surface area contributed by atoms with Crippen LogP contribution in [0.5, 0.6) is 0 Å². The van der Waals surface area contributed by atoms with Crippen LogP contribution >= 0.6 is 0 Å². The Bertz CT molecular complexity index is 1010. The lowest BCUT2D eigenvalue weighted by Gasteiger charge is -2.12. The highest BCUT2D eigenvalue weighted by Crippen LogP contribution is 2.01. The number of unbranched alkanes of at least 4 members (excludes halogenated alkanes) is 1. The Balaban J connectivity index is 0. The zero-order chi connectivity index (χ0) is 32.7. The predicted octanol–water partition coefficient (Wildman–Crippen LogP) is -2.12. The van der Waals surface area contributed by atoms with E-state index in [9.17, 15) is 28.8 Å². The van der Waals surface area contributed by atoms with Crippen molar-refractivity contribution in [2.24, 2.45) is 22.2 Å². The van der Waals surface area contributed by atoms with Crippen LogP contribution in [0.2, 0.25) is 0 Å². The monoisotopic (exact) mass is 601 g/mol. The summed E-state index contributed by atoms with van der Waals surface area (Å²) in [6.45, 7) is 4.76. The standard InChI is InChI=1S/C8H16N4O3.C8H11N3O3.C8H16N2O3/c1-5(13)12-6(7(14)15)3-2-4-11-8(9)10;1-5(12)11-7(8(13)14)2-6-3-9-4-10-6;1-6(11)10-7(8(12)13)4-2-3-5-9/h6H,2-4H2,1H3,(H,12,13)(H,14,15)(H4,9,10,11);3-4,7H,2H2,1H3,(H,9,10)(H,11,12)(H,13,14);7H,2-5,9H2,1H3,(H,10,11)(H,12,13). The largest absolute Gasteiger partial charge is 0.480 e. The second-order valence-corrected chi connectivity index (χ2v) is 8.79. The number of carbonyl (C=O) groups is 6. The second kappa shape index (κ2) is 23.0. The highest BCUT2D eigenvalue weighted by Gasteiger charge is 2.19. The first-order chi connectivity index (χ1) is 19.6. The molecule has 18 nitrogen and oxygen atoms in total. The molecule has 0 fully saturated rings. The van der Waals surface area contributed by atoms with Gasteiger partial charge in [0.25, 0.3) is 0 Å². The van der Waals surface area contributed by atoms with Crippen molar-refractivity contribution in [3.05, 3.63) is 18.2 Å². The van der Waals surface area contributed by atoms with E-state index in [1.807, 2.05) is 0 Å². The number of nitrogens with two attached hydrogens (primary N) is 3. The van der Waals surface area contributed by atoms with E-state index in [4.69, 9.17) is 32.5 Å². The molecule has 238 valence electrons. The van der Waals surface area contributed by atoms with Crippen molar-refractivity contribution in [3.63, 3.8) is 0 Å². The second-order valence-electron chi connectivity index (χ2n) is 8.79. The summed E-state index contributed by atoms with van der Waals surface area (Å²) < 4.78 is 0. The van der Waals surface area contributed by atoms with E-state index in [0.717, 1.165) is 6.42 Å². The molecule has 3 amide bonds. The Morgan fingerprint density at radius 3 is 1.62 bits per heavy atom. The summed E-state index contributed by atoms with van der Waals surface area (Å²) in [5.74, 6) is -4.19.